The molecule has 1 amide bonds. The third-order valence-electron chi connectivity index (χ3n) is 2.67. The molecule has 0 aromatic heterocycles. The van der Waals surface area contributed by atoms with Gasteiger partial charge in [-0.3, -0.25) is 14.9 Å². The molecular weight excluding hydrogens is 291 g/mol. The van der Waals surface area contributed by atoms with Gasteiger partial charge in [-0.25, -0.2) is 0 Å². The first-order valence-corrected chi connectivity index (χ1v) is 6.59. The SMILES string of the molecule is Cc1cc([N+](=O)[O-])ccc1C(=O)NC(C)(CCl)CCl. The van der Waals surface area contributed by atoms with E-state index >= 15 is 0 Å². The molecule has 1 N–H and O–H groups in total. The predicted octanol–water partition coefficient (Wildman–Crippen LogP) is 2.87. The van der Waals surface area contributed by atoms with Gasteiger partial charge in [-0.05, 0) is 25.5 Å². The number of benzene rings is 1. The van der Waals surface area contributed by atoms with Crippen molar-refractivity contribution in [3.63, 3.8) is 0 Å². The maximum absolute atomic E-state index is 12.1. The number of aryl methyl sites for hydroxylation is 1. The lowest BCUT2D eigenvalue weighted by molar-refractivity contribution is -0.384. The summed E-state index contributed by atoms with van der Waals surface area (Å²) in [5.41, 5.74) is 0.130. The first-order chi connectivity index (χ1) is 8.83. The Kier molecular flexibility index (Phi) is 5.14. The molecule has 19 heavy (non-hydrogen) atoms. The van der Waals surface area contributed by atoms with Crippen molar-refractivity contribution in [3.05, 3.63) is 39.4 Å². The van der Waals surface area contributed by atoms with Crippen molar-refractivity contribution < 1.29 is 9.72 Å². The Bertz CT molecular complexity index is 502. The van der Waals surface area contributed by atoms with Crippen molar-refractivity contribution in [2.24, 2.45) is 0 Å². The Labute approximate surface area is 121 Å². The zero-order chi connectivity index (χ0) is 14.6. The van der Waals surface area contributed by atoms with Crippen LogP contribution in [0.15, 0.2) is 18.2 Å². The summed E-state index contributed by atoms with van der Waals surface area (Å²) in [5.74, 6) is -0.00100. The quantitative estimate of drug-likeness (QED) is 0.516. The lowest BCUT2D eigenvalue weighted by Crippen LogP contribution is -2.49. The normalized spacial score (nSPS) is 11.2. The van der Waals surface area contributed by atoms with Crippen LogP contribution in [0, 0.1) is 17.0 Å². The van der Waals surface area contributed by atoms with Crippen LogP contribution in [0.1, 0.15) is 22.8 Å². The van der Waals surface area contributed by atoms with Gasteiger partial charge in [0, 0.05) is 29.5 Å². The van der Waals surface area contributed by atoms with Gasteiger partial charge in [-0.15, -0.1) is 23.2 Å². The second-order valence-corrected chi connectivity index (χ2v) is 5.07. The van der Waals surface area contributed by atoms with Gasteiger partial charge in [0.15, 0.2) is 0 Å². The van der Waals surface area contributed by atoms with Crippen LogP contribution in [0.25, 0.3) is 0 Å². The zero-order valence-corrected chi connectivity index (χ0v) is 12.1. The van der Waals surface area contributed by atoms with E-state index in [1.165, 1.54) is 18.2 Å². The summed E-state index contributed by atoms with van der Waals surface area (Å²) in [4.78, 5) is 22.2. The number of nitrogens with zero attached hydrogens (tertiary/aromatic N) is 1. The van der Waals surface area contributed by atoms with Crippen molar-refractivity contribution in [1.29, 1.82) is 0 Å². The number of carbonyl (C=O) groups excluding carboxylic acids is 1. The van der Waals surface area contributed by atoms with E-state index in [9.17, 15) is 14.9 Å². The molecule has 0 saturated heterocycles. The summed E-state index contributed by atoms with van der Waals surface area (Å²) in [6, 6.07) is 4.07. The molecule has 0 saturated carbocycles. The van der Waals surface area contributed by atoms with E-state index in [1.54, 1.807) is 13.8 Å². The average molecular weight is 305 g/mol. The number of hydrogen-bond donors (Lipinski definition) is 1. The van der Waals surface area contributed by atoms with E-state index < -0.39 is 10.5 Å². The maximum Gasteiger partial charge on any atom is 0.269 e. The Balaban J connectivity index is 2.98. The molecule has 0 unspecified atom stereocenters. The highest BCUT2D eigenvalue weighted by Gasteiger charge is 2.25. The van der Waals surface area contributed by atoms with Crippen LogP contribution in [-0.2, 0) is 0 Å². The molecule has 1 rings (SSSR count). The molecule has 0 radical (unpaired) electrons. The molecule has 7 heteroatoms. The Morgan fingerprint density at radius 2 is 2.00 bits per heavy atom. The molecule has 1 aromatic carbocycles. The summed E-state index contributed by atoms with van der Waals surface area (Å²) < 4.78 is 0. The van der Waals surface area contributed by atoms with E-state index in [0.29, 0.717) is 11.1 Å². The minimum Gasteiger partial charge on any atom is -0.344 e. The molecule has 104 valence electrons. The van der Waals surface area contributed by atoms with Gasteiger partial charge in [0.1, 0.15) is 0 Å². The van der Waals surface area contributed by atoms with Gasteiger partial charge >= 0.3 is 0 Å². The topological polar surface area (TPSA) is 72.2 Å². The lowest BCUT2D eigenvalue weighted by atomic mass is 10.0. The van der Waals surface area contributed by atoms with Gasteiger partial charge in [0.25, 0.3) is 11.6 Å². The molecule has 0 atom stereocenters. The smallest absolute Gasteiger partial charge is 0.269 e. The van der Waals surface area contributed by atoms with Crippen molar-refractivity contribution in [2.45, 2.75) is 19.4 Å². The van der Waals surface area contributed by atoms with E-state index in [-0.39, 0.29) is 23.4 Å². The lowest BCUT2D eigenvalue weighted by Gasteiger charge is -2.26. The zero-order valence-electron chi connectivity index (χ0n) is 10.6. The van der Waals surface area contributed by atoms with Crippen LogP contribution in [0.2, 0.25) is 0 Å². The van der Waals surface area contributed by atoms with Gasteiger partial charge < -0.3 is 5.32 Å². The van der Waals surface area contributed by atoms with Crippen molar-refractivity contribution in [1.82, 2.24) is 5.32 Å². The summed E-state index contributed by atoms with van der Waals surface area (Å²) in [5, 5.41) is 13.4. The standard InChI is InChI=1S/C12H14Cl2N2O3/c1-8-5-9(16(18)19)3-4-10(8)11(17)15-12(2,6-13)7-14/h3-5H,6-7H2,1-2H3,(H,15,17). The number of nitro benzene ring substituents is 1. The molecule has 0 aliphatic carbocycles. The van der Waals surface area contributed by atoms with E-state index in [4.69, 9.17) is 23.2 Å². The highest BCUT2D eigenvalue weighted by atomic mass is 35.5. The second-order valence-electron chi connectivity index (χ2n) is 4.54. The number of amides is 1. The van der Waals surface area contributed by atoms with Crippen LogP contribution in [0.3, 0.4) is 0 Å². The van der Waals surface area contributed by atoms with Crippen molar-refractivity contribution in [2.75, 3.05) is 11.8 Å². The Morgan fingerprint density at radius 3 is 2.42 bits per heavy atom. The van der Waals surface area contributed by atoms with Crippen LogP contribution in [0.5, 0.6) is 0 Å². The highest BCUT2D eigenvalue weighted by Crippen LogP contribution is 2.18. The van der Waals surface area contributed by atoms with Gasteiger partial charge in [-0.2, -0.15) is 0 Å². The number of nitrogens with one attached hydrogen (secondary N) is 1. The third kappa shape index (κ3) is 3.81. The van der Waals surface area contributed by atoms with Crippen LogP contribution >= 0.6 is 23.2 Å². The van der Waals surface area contributed by atoms with E-state index in [0.717, 1.165) is 0 Å². The fourth-order valence-corrected chi connectivity index (χ4v) is 1.88. The molecule has 0 aliphatic heterocycles. The van der Waals surface area contributed by atoms with Gasteiger partial charge in [-0.1, -0.05) is 0 Å². The summed E-state index contributed by atoms with van der Waals surface area (Å²) in [7, 11) is 0. The number of rotatable bonds is 5. The predicted molar refractivity (Wildman–Crippen MR) is 75.1 cm³/mol. The number of halogens is 2. The molecular formula is C12H14Cl2N2O3. The molecule has 0 spiro atoms. The highest BCUT2D eigenvalue weighted by molar-refractivity contribution is 6.22. The van der Waals surface area contributed by atoms with Crippen LogP contribution in [-0.4, -0.2) is 28.1 Å². The average Bonchev–Trinajstić information content (AvgIpc) is 2.38. The summed E-state index contributed by atoms with van der Waals surface area (Å²) in [6.45, 7) is 3.37. The Morgan fingerprint density at radius 1 is 1.42 bits per heavy atom. The molecule has 0 aliphatic rings. The number of alkyl halides is 2. The fraction of sp³-hybridized carbons (Fsp3) is 0.417. The number of carbonyl (C=O) groups is 1. The minimum absolute atomic E-state index is 0.0495. The van der Waals surface area contributed by atoms with Crippen LogP contribution < -0.4 is 5.32 Å². The van der Waals surface area contributed by atoms with Crippen LogP contribution in [0.4, 0.5) is 5.69 Å². The van der Waals surface area contributed by atoms with Crippen molar-refractivity contribution >= 4 is 34.8 Å². The first kappa shape index (κ1) is 15.7. The number of nitro groups is 1. The minimum atomic E-state index is -0.714. The summed E-state index contributed by atoms with van der Waals surface area (Å²) in [6.07, 6.45) is 0. The molecule has 0 heterocycles. The Hall–Kier alpha value is -1.33. The summed E-state index contributed by atoms with van der Waals surface area (Å²) >= 11 is 11.5. The molecule has 0 bridgehead atoms. The monoisotopic (exact) mass is 304 g/mol. The van der Waals surface area contributed by atoms with Crippen molar-refractivity contribution in [3.8, 4) is 0 Å². The van der Waals surface area contributed by atoms with Gasteiger partial charge in [0.2, 0.25) is 0 Å². The van der Waals surface area contributed by atoms with E-state index in [2.05, 4.69) is 5.32 Å². The first-order valence-electron chi connectivity index (χ1n) is 5.52. The maximum atomic E-state index is 12.1. The molecule has 1 aromatic rings. The second kappa shape index (κ2) is 6.21. The molecule has 5 nitrogen and oxygen atoms in total. The number of non-ortho nitro benzene ring substituents is 1. The third-order valence-corrected chi connectivity index (χ3v) is 3.85. The number of hydrogen-bond acceptors (Lipinski definition) is 3. The van der Waals surface area contributed by atoms with E-state index in [1.807, 2.05) is 0 Å². The van der Waals surface area contributed by atoms with Gasteiger partial charge in [0.05, 0.1) is 10.5 Å². The molecule has 0 fully saturated rings. The largest absolute Gasteiger partial charge is 0.344 e. The fourth-order valence-electron chi connectivity index (χ4n) is 1.46.